The van der Waals surface area contributed by atoms with Crippen LogP contribution >= 0.6 is 0 Å². The molecule has 0 atom stereocenters. The lowest BCUT2D eigenvalue weighted by Crippen LogP contribution is -1.87. The molecular formula is C17H19N. The van der Waals surface area contributed by atoms with E-state index in [0.717, 1.165) is 12.1 Å². The van der Waals surface area contributed by atoms with Gasteiger partial charge in [-0.2, -0.15) is 0 Å². The number of nitrogens with zero attached hydrogens (tertiary/aromatic N) is 1. The normalized spacial score (nSPS) is 10.9. The second kappa shape index (κ2) is 6.75. The van der Waals surface area contributed by atoms with Gasteiger partial charge in [0.1, 0.15) is 0 Å². The first-order valence-corrected chi connectivity index (χ1v) is 6.56. The highest BCUT2D eigenvalue weighted by Crippen LogP contribution is 2.08. The van der Waals surface area contributed by atoms with Crippen molar-refractivity contribution < 1.29 is 0 Å². The summed E-state index contributed by atoms with van der Waals surface area (Å²) < 4.78 is 0. The second-order valence-electron chi connectivity index (χ2n) is 4.44. The fraction of sp³-hybridized carbons (Fsp3) is 0.235. The highest BCUT2D eigenvalue weighted by atomic mass is 14.7. The van der Waals surface area contributed by atoms with Gasteiger partial charge < -0.3 is 0 Å². The molecule has 0 bridgehead atoms. The van der Waals surface area contributed by atoms with E-state index in [1.54, 1.807) is 0 Å². The van der Waals surface area contributed by atoms with E-state index < -0.39 is 0 Å². The summed E-state index contributed by atoms with van der Waals surface area (Å²) in [5, 5.41) is 0. The van der Waals surface area contributed by atoms with Crippen molar-refractivity contribution in [3.63, 3.8) is 0 Å². The molecular weight excluding hydrogens is 218 g/mol. The molecule has 92 valence electrons. The average molecular weight is 237 g/mol. The Hall–Kier alpha value is -1.89. The fourth-order valence-corrected chi connectivity index (χ4v) is 1.81. The van der Waals surface area contributed by atoms with Crippen LogP contribution < -0.4 is 0 Å². The molecule has 1 aromatic carbocycles. The van der Waals surface area contributed by atoms with Gasteiger partial charge in [0.25, 0.3) is 0 Å². The molecule has 0 amide bonds. The molecule has 1 aromatic heterocycles. The van der Waals surface area contributed by atoms with Gasteiger partial charge in [0.05, 0.1) is 5.69 Å². The maximum absolute atomic E-state index is 4.46. The van der Waals surface area contributed by atoms with Crippen molar-refractivity contribution in [2.24, 2.45) is 0 Å². The standard InChI is InChI=1S/C17H19N/c1-2-3-7-16-11-13-17(18-14-16)12-10-15-8-5-4-6-9-15/h4-6,8-14H,2-3,7H2,1H3/b12-10+. The minimum atomic E-state index is 1.01. The van der Waals surface area contributed by atoms with Crippen LogP contribution in [0.4, 0.5) is 0 Å². The molecule has 18 heavy (non-hydrogen) atoms. The number of hydrogen-bond acceptors (Lipinski definition) is 1. The van der Waals surface area contributed by atoms with Crippen molar-refractivity contribution in [2.75, 3.05) is 0 Å². The average Bonchev–Trinajstić information content (AvgIpc) is 2.45. The van der Waals surface area contributed by atoms with Crippen LogP contribution in [-0.2, 0) is 6.42 Å². The number of pyridine rings is 1. The Kier molecular flexibility index (Phi) is 4.71. The van der Waals surface area contributed by atoms with E-state index in [-0.39, 0.29) is 0 Å². The highest BCUT2D eigenvalue weighted by molar-refractivity contribution is 5.67. The van der Waals surface area contributed by atoms with Crippen LogP contribution in [0.5, 0.6) is 0 Å². The monoisotopic (exact) mass is 237 g/mol. The van der Waals surface area contributed by atoms with E-state index in [4.69, 9.17) is 0 Å². The summed E-state index contributed by atoms with van der Waals surface area (Å²) >= 11 is 0. The molecule has 1 nitrogen and oxygen atoms in total. The molecule has 0 fully saturated rings. The summed E-state index contributed by atoms with van der Waals surface area (Å²) in [6.45, 7) is 2.21. The molecule has 0 aliphatic rings. The number of aryl methyl sites for hydroxylation is 1. The van der Waals surface area contributed by atoms with Gasteiger partial charge in [-0.15, -0.1) is 0 Å². The summed E-state index contributed by atoms with van der Waals surface area (Å²) in [6, 6.07) is 14.6. The lowest BCUT2D eigenvalue weighted by molar-refractivity contribution is 0.792. The van der Waals surface area contributed by atoms with Crippen molar-refractivity contribution in [3.8, 4) is 0 Å². The van der Waals surface area contributed by atoms with Gasteiger partial charge >= 0.3 is 0 Å². The SMILES string of the molecule is CCCCc1ccc(/C=C/c2ccccc2)nc1. The van der Waals surface area contributed by atoms with Gasteiger partial charge in [-0.1, -0.05) is 55.8 Å². The van der Waals surface area contributed by atoms with Gasteiger partial charge in [0, 0.05) is 6.20 Å². The molecule has 0 unspecified atom stereocenters. The van der Waals surface area contributed by atoms with Gasteiger partial charge in [-0.25, -0.2) is 0 Å². The summed E-state index contributed by atoms with van der Waals surface area (Å²) in [5.74, 6) is 0. The summed E-state index contributed by atoms with van der Waals surface area (Å²) in [6.07, 6.45) is 9.73. The van der Waals surface area contributed by atoms with Crippen molar-refractivity contribution in [2.45, 2.75) is 26.2 Å². The zero-order valence-electron chi connectivity index (χ0n) is 10.8. The topological polar surface area (TPSA) is 12.9 Å². The third-order valence-corrected chi connectivity index (χ3v) is 2.91. The number of rotatable bonds is 5. The van der Waals surface area contributed by atoms with E-state index in [1.165, 1.54) is 24.0 Å². The van der Waals surface area contributed by atoms with E-state index in [0.29, 0.717) is 0 Å². The lowest BCUT2D eigenvalue weighted by atomic mass is 10.1. The number of benzene rings is 1. The Morgan fingerprint density at radius 3 is 2.50 bits per heavy atom. The molecule has 2 rings (SSSR count). The zero-order valence-corrected chi connectivity index (χ0v) is 10.8. The van der Waals surface area contributed by atoms with Crippen molar-refractivity contribution in [1.29, 1.82) is 0 Å². The smallest absolute Gasteiger partial charge is 0.0630 e. The molecule has 0 aliphatic heterocycles. The summed E-state index contributed by atoms with van der Waals surface area (Å²) in [5.41, 5.74) is 3.54. The van der Waals surface area contributed by atoms with Crippen LogP contribution in [0.3, 0.4) is 0 Å². The van der Waals surface area contributed by atoms with Crippen LogP contribution in [0.1, 0.15) is 36.6 Å². The van der Waals surface area contributed by atoms with Gasteiger partial charge in [0.2, 0.25) is 0 Å². The Morgan fingerprint density at radius 2 is 1.83 bits per heavy atom. The van der Waals surface area contributed by atoms with Crippen molar-refractivity contribution in [3.05, 3.63) is 65.5 Å². The van der Waals surface area contributed by atoms with Gasteiger partial charge in [-0.05, 0) is 36.1 Å². The van der Waals surface area contributed by atoms with E-state index in [2.05, 4.69) is 48.3 Å². The number of unbranched alkanes of at least 4 members (excludes halogenated alkanes) is 1. The fourth-order valence-electron chi connectivity index (χ4n) is 1.81. The third-order valence-electron chi connectivity index (χ3n) is 2.91. The quantitative estimate of drug-likeness (QED) is 0.741. The summed E-state index contributed by atoms with van der Waals surface area (Å²) in [7, 11) is 0. The van der Waals surface area contributed by atoms with E-state index in [9.17, 15) is 0 Å². The summed E-state index contributed by atoms with van der Waals surface area (Å²) in [4.78, 5) is 4.46. The maximum atomic E-state index is 4.46. The van der Waals surface area contributed by atoms with E-state index in [1.807, 2.05) is 24.4 Å². The zero-order chi connectivity index (χ0) is 12.6. The molecule has 0 spiro atoms. The molecule has 0 N–H and O–H groups in total. The molecule has 1 heterocycles. The Bertz CT molecular complexity index is 483. The largest absolute Gasteiger partial charge is 0.257 e. The molecule has 0 saturated heterocycles. The minimum Gasteiger partial charge on any atom is -0.257 e. The first-order chi connectivity index (χ1) is 8.88. The predicted octanol–water partition coefficient (Wildman–Crippen LogP) is 4.59. The predicted molar refractivity (Wildman–Crippen MR) is 78.2 cm³/mol. The van der Waals surface area contributed by atoms with Crippen LogP contribution in [0.15, 0.2) is 48.7 Å². The molecule has 1 heteroatoms. The molecule has 2 aromatic rings. The first kappa shape index (κ1) is 12.6. The van der Waals surface area contributed by atoms with Crippen LogP contribution in [-0.4, -0.2) is 4.98 Å². The van der Waals surface area contributed by atoms with Gasteiger partial charge in [-0.3, -0.25) is 4.98 Å². The molecule has 0 saturated carbocycles. The molecule has 0 radical (unpaired) electrons. The number of aromatic nitrogens is 1. The maximum Gasteiger partial charge on any atom is 0.0630 e. The Balaban J connectivity index is 2.00. The lowest BCUT2D eigenvalue weighted by Gasteiger charge is -1.99. The van der Waals surface area contributed by atoms with Crippen LogP contribution in [0, 0.1) is 0 Å². The Labute approximate surface area is 109 Å². The van der Waals surface area contributed by atoms with Crippen LogP contribution in [0.25, 0.3) is 12.2 Å². The Morgan fingerprint density at radius 1 is 1.00 bits per heavy atom. The second-order valence-corrected chi connectivity index (χ2v) is 4.44. The van der Waals surface area contributed by atoms with Crippen LogP contribution in [0.2, 0.25) is 0 Å². The molecule has 0 aliphatic carbocycles. The third kappa shape index (κ3) is 3.85. The van der Waals surface area contributed by atoms with Crippen molar-refractivity contribution in [1.82, 2.24) is 4.98 Å². The van der Waals surface area contributed by atoms with Gasteiger partial charge in [0.15, 0.2) is 0 Å². The number of hydrogen-bond donors (Lipinski definition) is 0. The van der Waals surface area contributed by atoms with Crippen molar-refractivity contribution >= 4 is 12.2 Å². The minimum absolute atomic E-state index is 1.01. The highest BCUT2D eigenvalue weighted by Gasteiger charge is 1.93. The first-order valence-electron chi connectivity index (χ1n) is 6.56. The van der Waals surface area contributed by atoms with E-state index >= 15 is 0 Å².